The van der Waals surface area contributed by atoms with Gasteiger partial charge in [-0.15, -0.1) is 0 Å². The number of ketones is 1. The molecule has 0 saturated carbocycles. The smallest absolute Gasteiger partial charge is 0.213 e. The van der Waals surface area contributed by atoms with E-state index in [-0.39, 0.29) is 7.21 Å². The van der Waals surface area contributed by atoms with Gasteiger partial charge in [0.2, 0.25) is 5.78 Å². The highest BCUT2D eigenvalue weighted by Gasteiger charge is 2.23. The van der Waals surface area contributed by atoms with Gasteiger partial charge in [0.05, 0.1) is 0 Å². The van der Waals surface area contributed by atoms with Gasteiger partial charge in [0.1, 0.15) is 11.5 Å². The Morgan fingerprint density at radius 1 is 1.21 bits per heavy atom. The quantitative estimate of drug-likeness (QED) is 0.560. The number of aromatic nitrogens is 2. The molecule has 1 atom stereocenters. The lowest BCUT2D eigenvalue weighted by Gasteiger charge is -2.34. The molecular weight excluding hydrogens is 358 g/mol. The fourth-order valence-electron chi connectivity index (χ4n) is 3.94. The lowest BCUT2D eigenvalue weighted by Crippen LogP contribution is -2.35. The second-order valence-electron chi connectivity index (χ2n) is 7.51. The average molecular weight is 386 g/mol. The average Bonchev–Trinajstić information content (AvgIpc) is 2.80. The van der Waals surface area contributed by atoms with E-state index in [0.29, 0.717) is 22.9 Å². The highest BCUT2D eigenvalue weighted by atomic mass is 16.1. The van der Waals surface area contributed by atoms with Crippen molar-refractivity contribution < 1.29 is 6.22 Å². The van der Waals surface area contributed by atoms with E-state index in [1.807, 2.05) is 25.1 Å². The lowest BCUT2D eigenvalue weighted by molar-refractivity contribution is 0.103. The number of rotatable bonds is 5. The number of nitrogens with zero attached hydrogens (tertiary/aromatic N) is 3. The van der Waals surface area contributed by atoms with Crippen LogP contribution in [0.25, 0.3) is 6.08 Å². The molecule has 4 rings (SSSR count). The first-order chi connectivity index (χ1) is 14.2. The summed E-state index contributed by atoms with van der Waals surface area (Å²) < 4.78 is 0. The Balaban J connectivity index is 0.00000256. The van der Waals surface area contributed by atoms with E-state index in [0.717, 1.165) is 30.9 Å². The fraction of sp³-hybridized carbons (Fsp3) is 0.240. The highest BCUT2D eigenvalue weighted by molar-refractivity contribution is 6.08. The highest BCUT2D eigenvalue weighted by Crippen LogP contribution is 2.29. The number of hydrogen-bond donors (Lipinski definition) is 0. The molecule has 29 heavy (non-hydrogen) atoms. The molecule has 0 bridgehead atoms. The van der Waals surface area contributed by atoms with Crippen LogP contribution >= 0.6 is 0 Å². The molecule has 0 spiro atoms. The normalized spacial score (nSPS) is 16.4. The summed E-state index contributed by atoms with van der Waals surface area (Å²) in [5.74, 6) is 1.25. The van der Waals surface area contributed by atoms with Crippen LogP contribution in [0, 0.1) is 6.92 Å². The summed E-state index contributed by atoms with van der Waals surface area (Å²) in [5, 5.41) is 0. The minimum absolute atomic E-state index is 0. The molecule has 1 unspecified atom stereocenters. The van der Waals surface area contributed by atoms with E-state index in [4.69, 9.17) is 4.98 Å². The number of anilines is 1. The monoisotopic (exact) mass is 385 g/mol. The Hall–Kier alpha value is -3.27. The number of aryl methyl sites for hydroxylation is 1. The van der Waals surface area contributed by atoms with Crippen molar-refractivity contribution in [3.63, 3.8) is 0 Å². The summed E-state index contributed by atoms with van der Waals surface area (Å²) in [6.07, 6.45) is 5.72. The topological polar surface area (TPSA) is 46.1 Å². The van der Waals surface area contributed by atoms with Gasteiger partial charge in [-0.3, -0.25) is 9.78 Å². The SMILES string of the molecule is C=Cc1cnc(C)c(C(=O)c2cccc(N3CCCC(c4ccccc4)C3)n2)c1.[HH]. The number of benzene rings is 1. The Morgan fingerprint density at radius 3 is 2.83 bits per heavy atom. The van der Waals surface area contributed by atoms with Gasteiger partial charge < -0.3 is 4.90 Å². The molecule has 1 saturated heterocycles. The van der Waals surface area contributed by atoms with Gasteiger partial charge in [0.25, 0.3) is 0 Å². The molecule has 3 aromatic rings. The van der Waals surface area contributed by atoms with Crippen molar-refractivity contribution in [3.8, 4) is 0 Å². The summed E-state index contributed by atoms with van der Waals surface area (Å²) in [7, 11) is 0. The van der Waals surface area contributed by atoms with Gasteiger partial charge in [-0.05, 0) is 49.1 Å². The van der Waals surface area contributed by atoms with Crippen LogP contribution in [0.5, 0.6) is 0 Å². The lowest BCUT2D eigenvalue weighted by atomic mass is 9.90. The Labute approximate surface area is 173 Å². The predicted octanol–water partition coefficient (Wildman–Crippen LogP) is 5.29. The number of carbonyl (C=O) groups excluding carboxylic acids is 1. The number of carbonyl (C=O) groups is 1. The van der Waals surface area contributed by atoms with Gasteiger partial charge in [-0.1, -0.05) is 49.1 Å². The molecule has 3 heterocycles. The summed E-state index contributed by atoms with van der Waals surface area (Å²) in [6, 6.07) is 18.2. The van der Waals surface area contributed by atoms with E-state index < -0.39 is 0 Å². The van der Waals surface area contributed by atoms with E-state index in [9.17, 15) is 4.79 Å². The van der Waals surface area contributed by atoms with Crippen molar-refractivity contribution in [2.24, 2.45) is 0 Å². The Kier molecular flexibility index (Phi) is 5.52. The minimum atomic E-state index is -0.0998. The first kappa shape index (κ1) is 19.1. The maximum Gasteiger partial charge on any atom is 0.213 e. The maximum atomic E-state index is 13.1. The number of pyridine rings is 2. The van der Waals surface area contributed by atoms with Crippen LogP contribution < -0.4 is 4.90 Å². The van der Waals surface area contributed by atoms with Crippen LogP contribution in [-0.4, -0.2) is 28.8 Å². The van der Waals surface area contributed by atoms with Crippen molar-refractivity contribution in [3.05, 3.63) is 95.5 Å². The molecule has 1 aromatic carbocycles. The molecule has 0 N–H and O–H groups in total. The van der Waals surface area contributed by atoms with Crippen molar-refractivity contribution in [2.75, 3.05) is 18.0 Å². The number of hydrogen-bond acceptors (Lipinski definition) is 4. The predicted molar refractivity (Wildman–Crippen MR) is 119 cm³/mol. The van der Waals surface area contributed by atoms with E-state index >= 15 is 0 Å². The molecular formula is C25H27N3O. The third-order valence-electron chi connectivity index (χ3n) is 5.57. The molecule has 4 nitrogen and oxygen atoms in total. The van der Waals surface area contributed by atoms with Crippen LogP contribution in [0.15, 0.2) is 67.4 Å². The zero-order valence-corrected chi connectivity index (χ0v) is 16.7. The maximum absolute atomic E-state index is 13.1. The van der Waals surface area contributed by atoms with Gasteiger partial charge in [-0.25, -0.2) is 4.98 Å². The van der Waals surface area contributed by atoms with Crippen LogP contribution in [-0.2, 0) is 0 Å². The molecule has 0 amide bonds. The van der Waals surface area contributed by atoms with Crippen molar-refractivity contribution in [1.29, 1.82) is 0 Å². The zero-order chi connectivity index (χ0) is 20.2. The Morgan fingerprint density at radius 2 is 2.03 bits per heavy atom. The zero-order valence-electron chi connectivity index (χ0n) is 16.7. The second kappa shape index (κ2) is 8.39. The third kappa shape index (κ3) is 4.11. The molecule has 148 valence electrons. The fourth-order valence-corrected chi connectivity index (χ4v) is 3.94. The standard InChI is InChI=1S/C25H25N3O.H2/c1-3-19-15-22(18(2)26-16-19)25(29)23-12-7-13-24(27-23)28-14-8-11-21(17-28)20-9-5-4-6-10-20;/h3-7,9-10,12-13,15-16,21H,1,8,11,14,17H2,2H3;1H. The largest absolute Gasteiger partial charge is 0.356 e. The van der Waals surface area contributed by atoms with Gasteiger partial charge in [0.15, 0.2) is 0 Å². The van der Waals surface area contributed by atoms with Crippen LogP contribution in [0.4, 0.5) is 5.82 Å². The molecule has 1 fully saturated rings. The second-order valence-corrected chi connectivity index (χ2v) is 7.51. The van der Waals surface area contributed by atoms with Gasteiger partial charge in [-0.2, -0.15) is 0 Å². The summed E-state index contributed by atoms with van der Waals surface area (Å²) >= 11 is 0. The van der Waals surface area contributed by atoms with Crippen LogP contribution in [0.3, 0.4) is 0 Å². The first-order valence-corrected chi connectivity index (χ1v) is 10.1. The third-order valence-corrected chi connectivity index (χ3v) is 5.57. The van der Waals surface area contributed by atoms with Crippen LogP contribution in [0.2, 0.25) is 0 Å². The summed E-state index contributed by atoms with van der Waals surface area (Å²) in [5.41, 5.74) is 3.93. The molecule has 0 aliphatic carbocycles. The minimum Gasteiger partial charge on any atom is -0.356 e. The summed E-state index contributed by atoms with van der Waals surface area (Å²) in [4.78, 5) is 24.4. The molecule has 1 aliphatic heterocycles. The molecule has 0 radical (unpaired) electrons. The van der Waals surface area contributed by atoms with Crippen molar-refractivity contribution in [2.45, 2.75) is 25.7 Å². The van der Waals surface area contributed by atoms with E-state index in [2.05, 4.69) is 46.8 Å². The molecule has 4 heteroatoms. The van der Waals surface area contributed by atoms with E-state index in [1.165, 1.54) is 12.0 Å². The van der Waals surface area contributed by atoms with Gasteiger partial charge in [0, 0.05) is 37.9 Å². The first-order valence-electron chi connectivity index (χ1n) is 10.1. The van der Waals surface area contributed by atoms with Crippen molar-refractivity contribution in [1.82, 2.24) is 9.97 Å². The molecule has 2 aromatic heterocycles. The summed E-state index contributed by atoms with van der Waals surface area (Å²) in [6.45, 7) is 7.49. The molecule has 1 aliphatic rings. The van der Waals surface area contributed by atoms with Crippen molar-refractivity contribution >= 4 is 17.7 Å². The van der Waals surface area contributed by atoms with E-state index in [1.54, 1.807) is 18.3 Å². The van der Waals surface area contributed by atoms with Gasteiger partial charge >= 0.3 is 0 Å². The Bertz CT molecular complexity index is 1040. The number of piperidine rings is 1. The van der Waals surface area contributed by atoms with Crippen LogP contribution in [0.1, 0.15) is 53.1 Å².